The number of carbonyl (C=O) groups excluding carboxylic acids is 1. The van der Waals surface area contributed by atoms with Crippen molar-refractivity contribution in [3.8, 4) is 5.75 Å². The van der Waals surface area contributed by atoms with Gasteiger partial charge in [-0.1, -0.05) is 12.1 Å². The van der Waals surface area contributed by atoms with E-state index in [9.17, 15) is 21.6 Å². The molecule has 1 atom stereocenters. The number of hydrogen-bond donors (Lipinski definition) is 3. The predicted molar refractivity (Wildman–Crippen MR) is 99.2 cm³/mol. The molecule has 1 heterocycles. The van der Waals surface area contributed by atoms with Gasteiger partial charge in [0.25, 0.3) is 15.9 Å². The van der Waals surface area contributed by atoms with E-state index in [4.69, 9.17) is 9.88 Å². The van der Waals surface area contributed by atoms with Gasteiger partial charge in [-0.05, 0) is 36.8 Å². The molecule has 3 rings (SSSR count). The monoisotopic (exact) mass is 411 g/mol. The van der Waals surface area contributed by atoms with E-state index in [1.165, 1.54) is 42.5 Å². The molecule has 2 aromatic carbocycles. The second-order valence-electron chi connectivity index (χ2n) is 6.02. The lowest BCUT2D eigenvalue weighted by Crippen LogP contribution is -2.34. The maximum atomic E-state index is 12.6. The van der Waals surface area contributed by atoms with Crippen molar-refractivity contribution in [3.63, 3.8) is 0 Å². The molecule has 1 aliphatic heterocycles. The van der Waals surface area contributed by atoms with E-state index in [0.29, 0.717) is 11.3 Å². The van der Waals surface area contributed by atoms with Crippen molar-refractivity contribution in [1.29, 1.82) is 0 Å². The normalized spacial score (nSPS) is 16.8. The topological polar surface area (TPSA) is 145 Å². The number of sulfonamides is 2. The average Bonchev–Trinajstić information content (AvgIpc) is 2.53. The molecule has 0 spiro atoms. The Morgan fingerprint density at radius 1 is 1.15 bits per heavy atom. The smallest absolute Gasteiger partial charge is 0.265 e. The minimum atomic E-state index is -3.96. The van der Waals surface area contributed by atoms with Crippen molar-refractivity contribution in [2.75, 3.05) is 10.0 Å². The van der Waals surface area contributed by atoms with Gasteiger partial charge in [0.15, 0.2) is 6.10 Å². The summed E-state index contributed by atoms with van der Waals surface area (Å²) in [6, 6.07) is 9.99. The van der Waals surface area contributed by atoms with Crippen molar-refractivity contribution >= 4 is 37.3 Å². The Bertz CT molecular complexity index is 1110. The zero-order chi connectivity index (χ0) is 19.8. The molecule has 9 nitrogen and oxygen atoms in total. The highest BCUT2D eigenvalue weighted by Crippen LogP contribution is 2.32. The fourth-order valence-electron chi connectivity index (χ4n) is 2.52. The van der Waals surface area contributed by atoms with Gasteiger partial charge in [0.05, 0.1) is 16.3 Å². The fraction of sp³-hybridized carbons (Fsp3) is 0.188. The van der Waals surface area contributed by atoms with Crippen LogP contribution in [0.25, 0.3) is 0 Å². The molecule has 1 aliphatic rings. The first-order valence-corrected chi connectivity index (χ1v) is 11.0. The van der Waals surface area contributed by atoms with Crippen LogP contribution in [0.1, 0.15) is 12.5 Å². The molecule has 144 valence electrons. The first kappa shape index (κ1) is 19.1. The Morgan fingerprint density at radius 2 is 1.89 bits per heavy atom. The van der Waals surface area contributed by atoms with Crippen molar-refractivity contribution in [1.82, 2.24) is 0 Å². The lowest BCUT2D eigenvalue weighted by Gasteiger charge is -2.23. The lowest BCUT2D eigenvalue weighted by atomic mass is 10.2. The lowest BCUT2D eigenvalue weighted by molar-refractivity contribution is -0.122. The third-order valence-electron chi connectivity index (χ3n) is 3.74. The van der Waals surface area contributed by atoms with E-state index in [2.05, 4.69) is 10.0 Å². The number of hydrogen-bond acceptors (Lipinski definition) is 6. The van der Waals surface area contributed by atoms with Crippen LogP contribution in [0.4, 0.5) is 11.4 Å². The van der Waals surface area contributed by atoms with Crippen LogP contribution in [-0.4, -0.2) is 28.8 Å². The number of primary sulfonamides is 1. The van der Waals surface area contributed by atoms with Gasteiger partial charge >= 0.3 is 0 Å². The number of nitrogens with one attached hydrogen (secondary N) is 2. The Hall–Kier alpha value is -2.63. The number of amides is 1. The molecular formula is C16H17N3O6S2. The maximum absolute atomic E-state index is 12.6. The third kappa shape index (κ3) is 4.56. The van der Waals surface area contributed by atoms with Gasteiger partial charge in [-0.15, -0.1) is 0 Å². The number of carbonyl (C=O) groups is 1. The van der Waals surface area contributed by atoms with E-state index in [-0.39, 0.29) is 22.2 Å². The molecule has 0 aromatic heterocycles. The van der Waals surface area contributed by atoms with Crippen LogP contribution in [0.5, 0.6) is 5.75 Å². The molecule has 11 heteroatoms. The summed E-state index contributed by atoms with van der Waals surface area (Å²) in [5.74, 6) is -0.483. The molecular weight excluding hydrogens is 394 g/mol. The number of nitrogens with two attached hydrogens (primary N) is 1. The minimum absolute atomic E-state index is 0.0681. The zero-order valence-electron chi connectivity index (χ0n) is 14.2. The van der Waals surface area contributed by atoms with E-state index >= 15 is 0 Å². The molecule has 2 aromatic rings. The molecule has 4 N–H and O–H groups in total. The largest absolute Gasteiger partial charge is 0.479 e. The van der Waals surface area contributed by atoms with Crippen LogP contribution in [0.2, 0.25) is 0 Å². The van der Waals surface area contributed by atoms with Crippen molar-refractivity contribution in [2.45, 2.75) is 23.7 Å². The number of anilines is 2. The van der Waals surface area contributed by atoms with Crippen LogP contribution in [0.15, 0.2) is 47.4 Å². The van der Waals surface area contributed by atoms with Crippen LogP contribution in [0, 0.1) is 0 Å². The SMILES string of the molecule is CC1Oc2cc(S(=O)(=O)Nc3cccc(CS(N)(=O)=O)c3)ccc2NC1=O. The first-order chi connectivity index (χ1) is 12.5. The molecule has 0 fully saturated rings. The summed E-state index contributed by atoms with van der Waals surface area (Å²) < 4.78 is 55.5. The second-order valence-corrected chi connectivity index (χ2v) is 9.32. The third-order valence-corrected chi connectivity index (χ3v) is 5.86. The molecule has 1 amide bonds. The van der Waals surface area contributed by atoms with Crippen molar-refractivity contribution in [2.24, 2.45) is 5.14 Å². The van der Waals surface area contributed by atoms with Gasteiger partial charge in [0.1, 0.15) is 5.75 Å². The summed E-state index contributed by atoms with van der Waals surface area (Å²) >= 11 is 0. The molecule has 1 unspecified atom stereocenters. The van der Waals surface area contributed by atoms with E-state index < -0.39 is 31.9 Å². The van der Waals surface area contributed by atoms with E-state index in [0.717, 1.165) is 0 Å². The van der Waals surface area contributed by atoms with E-state index in [1.807, 2.05) is 0 Å². The molecule has 0 bridgehead atoms. The summed E-state index contributed by atoms with van der Waals surface area (Å²) in [5.41, 5.74) is 0.923. The van der Waals surface area contributed by atoms with Gasteiger partial charge in [0.2, 0.25) is 10.0 Å². The summed E-state index contributed by atoms with van der Waals surface area (Å²) in [4.78, 5) is 11.5. The molecule has 0 radical (unpaired) electrons. The van der Waals surface area contributed by atoms with Gasteiger partial charge in [0, 0.05) is 11.8 Å². The summed E-state index contributed by atoms with van der Waals surface area (Å²) in [5, 5.41) is 7.63. The number of rotatable bonds is 5. The fourth-order valence-corrected chi connectivity index (χ4v) is 4.23. The first-order valence-electron chi connectivity index (χ1n) is 7.77. The van der Waals surface area contributed by atoms with Crippen LogP contribution < -0.4 is 19.9 Å². The average molecular weight is 411 g/mol. The number of benzene rings is 2. The standard InChI is InChI=1S/C16H17N3O6S2/c1-10-16(20)18-14-6-5-13(8-15(14)25-10)27(23,24)19-12-4-2-3-11(7-12)9-26(17,21)22/h2-8,10,19H,9H2,1H3,(H,18,20)(H2,17,21,22). The number of ether oxygens (including phenoxy) is 1. The highest BCUT2D eigenvalue weighted by molar-refractivity contribution is 7.92. The zero-order valence-corrected chi connectivity index (χ0v) is 15.8. The Kier molecular flexibility index (Phi) is 4.84. The van der Waals surface area contributed by atoms with Crippen molar-refractivity contribution < 1.29 is 26.4 Å². The van der Waals surface area contributed by atoms with Crippen LogP contribution in [0.3, 0.4) is 0 Å². The van der Waals surface area contributed by atoms with Gasteiger partial charge in [-0.2, -0.15) is 0 Å². The minimum Gasteiger partial charge on any atom is -0.479 e. The van der Waals surface area contributed by atoms with Gasteiger partial charge < -0.3 is 10.1 Å². The van der Waals surface area contributed by atoms with Gasteiger partial charge in [-0.3, -0.25) is 9.52 Å². The Morgan fingerprint density at radius 3 is 2.59 bits per heavy atom. The number of fused-ring (bicyclic) bond motifs is 1. The van der Waals surface area contributed by atoms with Gasteiger partial charge in [-0.25, -0.2) is 22.0 Å². The molecule has 27 heavy (non-hydrogen) atoms. The van der Waals surface area contributed by atoms with Crippen LogP contribution >= 0.6 is 0 Å². The quantitative estimate of drug-likeness (QED) is 0.669. The second kappa shape index (κ2) is 6.83. The summed E-state index contributed by atoms with van der Waals surface area (Å²) in [6.07, 6.45) is -0.738. The predicted octanol–water partition coefficient (Wildman–Crippen LogP) is 0.995. The molecule has 0 saturated heterocycles. The Balaban J connectivity index is 1.87. The highest BCUT2D eigenvalue weighted by Gasteiger charge is 2.25. The Labute approximate surface area is 156 Å². The highest BCUT2D eigenvalue weighted by atomic mass is 32.2. The molecule has 0 saturated carbocycles. The van der Waals surface area contributed by atoms with Crippen LogP contribution in [-0.2, 0) is 30.6 Å². The van der Waals surface area contributed by atoms with Crippen molar-refractivity contribution in [3.05, 3.63) is 48.0 Å². The molecule has 0 aliphatic carbocycles. The summed E-state index contributed by atoms with van der Waals surface area (Å²) in [7, 11) is -7.70. The maximum Gasteiger partial charge on any atom is 0.265 e. The van der Waals surface area contributed by atoms with E-state index in [1.54, 1.807) is 6.92 Å². The summed E-state index contributed by atoms with van der Waals surface area (Å²) in [6.45, 7) is 1.55.